The fourth-order valence-electron chi connectivity index (χ4n) is 2.62. The molecule has 1 saturated heterocycles. The molecule has 0 aromatic heterocycles. The van der Waals surface area contributed by atoms with Crippen molar-refractivity contribution in [1.29, 1.82) is 0 Å². The molecular formula is C15H24N4O2. The Labute approximate surface area is 125 Å². The first-order chi connectivity index (χ1) is 10.1. The summed E-state index contributed by atoms with van der Waals surface area (Å²) in [6.45, 7) is 5.12. The fourth-order valence-corrected chi connectivity index (χ4v) is 2.62. The number of amidine groups is 1. The van der Waals surface area contributed by atoms with Crippen molar-refractivity contribution >= 4 is 5.84 Å². The highest BCUT2D eigenvalue weighted by molar-refractivity contribution is 5.97. The van der Waals surface area contributed by atoms with Crippen molar-refractivity contribution in [3.63, 3.8) is 0 Å². The van der Waals surface area contributed by atoms with Crippen LogP contribution in [0.15, 0.2) is 23.4 Å². The van der Waals surface area contributed by atoms with E-state index in [2.05, 4.69) is 22.0 Å². The van der Waals surface area contributed by atoms with Gasteiger partial charge in [-0.3, -0.25) is 4.90 Å². The number of benzene rings is 1. The van der Waals surface area contributed by atoms with E-state index < -0.39 is 0 Å². The molecule has 1 aromatic rings. The molecule has 1 heterocycles. The Kier molecular flexibility index (Phi) is 5.41. The van der Waals surface area contributed by atoms with Gasteiger partial charge < -0.3 is 20.6 Å². The van der Waals surface area contributed by atoms with Gasteiger partial charge in [0.05, 0.1) is 7.11 Å². The van der Waals surface area contributed by atoms with Crippen LogP contribution < -0.4 is 10.5 Å². The highest BCUT2D eigenvalue weighted by Crippen LogP contribution is 2.22. The van der Waals surface area contributed by atoms with Gasteiger partial charge in [0.15, 0.2) is 5.84 Å². The Bertz CT molecular complexity index is 504. The Balaban J connectivity index is 2.17. The molecule has 6 nitrogen and oxygen atoms in total. The van der Waals surface area contributed by atoms with Crippen molar-refractivity contribution in [2.45, 2.75) is 13.0 Å². The molecule has 0 saturated carbocycles. The van der Waals surface area contributed by atoms with Gasteiger partial charge in [-0.1, -0.05) is 5.16 Å². The van der Waals surface area contributed by atoms with Gasteiger partial charge in [0.25, 0.3) is 0 Å². The molecule has 0 atom stereocenters. The molecule has 0 aliphatic carbocycles. The Morgan fingerprint density at radius 3 is 2.86 bits per heavy atom. The summed E-state index contributed by atoms with van der Waals surface area (Å²) in [5, 5.41) is 11.9. The second-order valence-corrected chi connectivity index (χ2v) is 5.44. The molecule has 21 heavy (non-hydrogen) atoms. The quantitative estimate of drug-likeness (QED) is 0.374. The molecule has 0 radical (unpaired) electrons. The summed E-state index contributed by atoms with van der Waals surface area (Å²) in [5.41, 5.74) is 7.44. The third-order valence-corrected chi connectivity index (χ3v) is 3.89. The van der Waals surface area contributed by atoms with Crippen LogP contribution in [0.2, 0.25) is 0 Å². The van der Waals surface area contributed by atoms with Gasteiger partial charge in [0, 0.05) is 30.8 Å². The number of nitrogens with two attached hydrogens (primary N) is 1. The number of methoxy groups -OCH3 is 1. The lowest BCUT2D eigenvalue weighted by Crippen LogP contribution is -2.28. The van der Waals surface area contributed by atoms with E-state index in [1.807, 2.05) is 12.1 Å². The monoisotopic (exact) mass is 292 g/mol. The minimum Gasteiger partial charge on any atom is -0.496 e. The van der Waals surface area contributed by atoms with Crippen LogP contribution in [0.4, 0.5) is 0 Å². The topological polar surface area (TPSA) is 74.3 Å². The average Bonchev–Trinajstić information content (AvgIpc) is 2.71. The second-order valence-electron chi connectivity index (χ2n) is 5.44. The summed E-state index contributed by atoms with van der Waals surface area (Å²) < 4.78 is 5.43. The van der Waals surface area contributed by atoms with E-state index in [0.29, 0.717) is 5.56 Å². The minimum atomic E-state index is 0.120. The zero-order chi connectivity index (χ0) is 15.2. The summed E-state index contributed by atoms with van der Waals surface area (Å²) in [7, 11) is 3.82. The van der Waals surface area contributed by atoms with Crippen LogP contribution in [0.5, 0.6) is 5.75 Å². The van der Waals surface area contributed by atoms with E-state index in [-0.39, 0.29) is 5.84 Å². The average molecular weight is 292 g/mol. The molecule has 6 heteroatoms. The third kappa shape index (κ3) is 4.09. The van der Waals surface area contributed by atoms with Crippen LogP contribution in [-0.4, -0.2) is 61.2 Å². The maximum Gasteiger partial charge on any atom is 0.170 e. The van der Waals surface area contributed by atoms with E-state index in [1.54, 1.807) is 13.2 Å². The number of hydrogen-bond donors (Lipinski definition) is 2. The van der Waals surface area contributed by atoms with E-state index in [0.717, 1.165) is 44.0 Å². The summed E-state index contributed by atoms with van der Waals surface area (Å²) in [6.07, 6.45) is 1.17. The predicted octanol–water partition coefficient (Wildman–Crippen LogP) is 0.927. The maximum atomic E-state index is 8.81. The van der Waals surface area contributed by atoms with E-state index in [9.17, 15) is 0 Å². The highest BCUT2D eigenvalue weighted by atomic mass is 16.5. The summed E-state index contributed by atoms with van der Waals surface area (Å²) in [5.74, 6) is 0.955. The van der Waals surface area contributed by atoms with E-state index in [4.69, 9.17) is 15.7 Å². The largest absolute Gasteiger partial charge is 0.496 e. The molecule has 0 spiro atoms. The first kappa shape index (κ1) is 15.6. The molecule has 0 unspecified atom stereocenters. The minimum absolute atomic E-state index is 0.120. The predicted molar refractivity (Wildman–Crippen MR) is 82.9 cm³/mol. The molecule has 1 aromatic carbocycles. The van der Waals surface area contributed by atoms with Crippen LogP contribution in [-0.2, 0) is 6.54 Å². The van der Waals surface area contributed by atoms with Crippen molar-refractivity contribution in [2.24, 2.45) is 10.9 Å². The van der Waals surface area contributed by atoms with Crippen molar-refractivity contribution in [3.05, 3.63) is 29.3 Å². The molecule has 2 rings (SSSR count). The smallest absolute Gasteiger partial charge is 0.170 e. The van der Waals surface area contributed by atoms with Gasteiger partial charge >= 0.3 is 0 Å². The number of likely N-dealkylation sites (N-methyl/N-ethyl adjacent to an activating group) is 1. The van der Waals surface area contributed by atoms with Gasteiger partial charge in [-0.2, -0.15) is 0 Å². The highest BCUT2D eigenvalue weighted by Gasteiger charge is 2.15. The van der Waals surface area contributed by atoms with Crippen molar-refractivity contribution in [3.8, 4) is 5.75 Å². The Hall–Kier alpha value is -1.79. The second kappa shape index (κ2) is 7.28. The molecule has 0 amide bonds. The lowest BCUT2D eigenvalue weighted by Gasteiger charge is -2.21. The molecule has 1 aliphatic rings. The molecule has 1 aliphatic heterocycles. The fraction of sp³-hybridized carbons (Fsp3) is 0.533. The summed E-state index contributed by atoms with van der Waals surface area (Å²) in [4.78, 5) is 4.77. The molecule has 3 N–H and O–H groups in total. The van der Waals surface area contributed by atoms with Gasteiger partial charge in [-0.15, -0.1) is 0 Å². The molecular weight excluding hydrogens is 268 g/mol. The number of rotatable bonds is 4. The zero-order valence-corrected chi connectivity index (χ0v) is 12.7. The SMILES string of the molecule is COc1ccc(/C(N)=N/O)cc1CN1CCCN(C)CC1. The van der Waals surface area contributed by atoms with Crippen LogP contribution in [0.25, 0.3) is 0 Å². The zero-order valence-electron chi connectivity index (χ0n) is 12.7. The number of ether oxygens (including phenoxy) is 1. The van der Waals surface area contributed by atoms with Crippen molar-refractivity contribution in [2.75, 3.05) is 40.3 Å². The van der Waals surface area contributed by atoms with Gasteiger partial charge in [0.1, 0.15) is 5.75 Å². The first-order valence-corrected chi connectivity index (χ1v) is 7.19. The van der Waals surface area contributed by atoms with Gasteiger partial charge in [-0.05, 0) is 44.8 Å². The number of nitrogens with zero attached hydrogens (tertiary/aromatic N) is 3. The lowest BCUT2D eigenvalue weighted by atomic mass is 10.1. The standard InChI is InChI=1S/C15H24N4O2/c1-18-6-3-7-19(9-8-18)11-13-10-12(15(16)17-20)4-5-14(13)21-2/h4-5,10,20H,3,6-9,11H2,1-2H3,(H2,16,17). The molecule has 116 valence electrons. The Morgan fingerprint density at radius 1 is 1.33 bits per heavy atom. The lowest BCUT2D eigenvalue weighted by molar-refractivity contribution is 0.265. The van der Waals surface area contributed by atoms with Crippen LogP contribution >= 0.6 is 0 Å². The van der Waals surface area contributed by atoms with Gasteiger partial charge in [-0.25, -0.2) is 0 Å². The first-order valence-electron chi connectivity index (χ1n) is 7.19. The van der Waals surface area contributed by atoms with Crippen LogP contribution in [0.1, 0.15) is 17.5 Å². The van der Waals surface area contributed by atoms with Crippen molar-refractivity contribution < 1.29 is 9.94 Å². The molecule has 0 bridgehead atoms. The van der Waals surface area contributed by atoms with Gasteiger partial charge in [0.2, 0.25) is 0 Å². The van der Waals surface area contributed by atoms with E-state index >= 15 is 0 Å². The number of hydrogen-bond acceptors (Lipinski definition) is 5. The Morgan fingerprint density at radius 2 is 2.14 bits per heavy atom. The van der Waals surface area contributed by atoms with Crippen LogP contribution in [0, 0.1) is 0 Å². The van der Waals surface area contributed by atoms with Crippen molar-refractivity contribution in [1.82, 2.24) is 9.80 Å². The summed E-state index contributed by atoms with van der Waals surface area (Å²) >= 11 is 0. The third-order valence-electron chi connectivity index (χ3n) is 3.89. The van der Waals surface area contributed by atoms with E-state index in [1.165, 1.54) is 6.42 Å². The maximum absolute atomic E-state index is 8.81. The normalized spacial score (nSPS) is 18.5. The van der Waals surface area contributed by atoms with Crippen LogP contribution in [0.3, 0.4) is 0 Å². The summed E-state index contributed by atoms with van der Waals surface area (Å²) in [6, 6.07) is 5.60. The molecule has 1 fully saturated rings. The number of oxime groups is 1.